The van der Waals surface area contributed by atoms with Gasteiger partial charge in [-0.05, 0) is 54.8 Å². The van der Waals surface area contributed by atoms with Gasteiger partial charge in [-0.2, -0.15) is 31.6 Å². The average molecular weight is 574 g/mol. The van der Waals surface area contributed by atoms with E-state index in [9.17, 15) is 35.9 Å². The van der Waals surface area contributed by atoms with Gasteiger partial charge in [0.2, 0.25) is 5.78 Å². The Morgan fingerprint density at radius 3 is 2.13 bits per heavy atom. The number of alkyl halides is 6. The van der Waals surface area contributed by atoms with Gasteiger partial charge in [0.15, 0.2) is 0 Å². The number of aryl methyl sites for hydroxylation is 1. The van der Waals surface area contributed by atoms with E-state index in [2.05, 4.69) is 5.32 Å². The Kier molecular flexibility index (Phi) is 6.78. The third kappa shape index (κ3) is 5.37. The number of amides is 1. The first kappa shape index (κ1) is 27.5. The van der Waals surface area contributed by atoms with Gasteiger partial charge < -0.3 is 9.88 Å². The normalized spacial score (nSPS) is 15.3. The number of nitrogens with zero attached hydrogens (tertiary/aromatic N) is 2. The van der Waals surface area contributed by atoms with Crippen LogP contribution in [0.1, 0.15) is 44.8 Å². The molecule has 0 radical (unpaired) electrons. The second-order valence-corrected chi connectivity index (χ2v) is 9.64. The quantitative estimate of drug-likeness (QED) is 0.200. The van der Waals surface area contributed by atoms with Gasteiger partial charge in [0.1, 0.15) is 5.54 Å². The van der Waals surface area contributed by atoms with Crippen LogP contribution in [-0.2, 0) is 13.2 Å². The zero-order valence-electron chi connectivity index (χ0n) is 19.2. The summed E-state index contributed by atoms with van der Waals surface area (Å²) >= 11 is 11.6. The molecule has 5 nitrogen and oxygen atoms in total. The van der Waals surface area contributed by atoms with Gasteiger partial charge in [-0.3, -0.25) is 9.59 Å². The number of nitriles is 1. The van der Waals surface area contributed by atoms with Crippen LogP contribution in [0, 0.1) is 11.3 Å². The van der Waals surface area contributed by atoms with Crippen LogP contribution in [0.25, 0.3) is 16.5 Å². The molecule has 2 aromatic carbocycles. The lowest BCUT2D eigenvalue weighted by Crippen LogP contribution is -2.36. The Hall–Kier alpha value is -3.49. The number of hydrogen-bond acceptors (Lipinski definition) is 3. The summed E-state index contributed by atoms with van der Waals surface area (Å²) in [5.74, 6) is -2.29. The highest BCUT2D eigenvalue weighted by Crippen LogP contribution is 2.39. The van der Waals surface area contributed by atoms with Crippen molar-refractivity contribution in [2.75, 3.05) is 0 Å². The molecular weight excluding hydrogens is 559 g/mol. The maximum Gasteiger partial charge on any atom is 0.417 e. The fourth-order valence-electron chi connectivity index (χ4n) is 3.96. The van der Waals surface area contributed by atoms with Crippen molar-refractivity contribution in [1.82, 2.24) is 9.88 Å². The Bertz CT molecular complexity index is 1540. The van der Waals surface area contributed by atoms with E-state index in [1.54, 1.807) is 0 Å². The number of aromatic nitrogens is 1. The molecule has 0 bridgehead atoms. The molecule has 4 rings (SSSR count). The van der Waals surface area contributed by atoms with Crippen LogP contribution >= 0.6 is 23.2 Å². The molecular formula is C25H15Cl2F6N3O2. The number of hydrogen-bond donors (Lipinski definition) is 1. The van der Waals surface area contributed by atoms with Crippen molar-refractivity contribution in [2.45, 2.75) is 30.7 Å². The van der Waals surface area contributed by atoms with Gasteiger partial charge in [-0.25, -0.2) is 0 Å². The molecule has 1 aromatic heterocycles. The lowest BCUT2D eigenvalue weighted by Gasteiger charge is -2.15. The summed E-state index contributed by atoms with van der Waals surface area (Å²) in [4.78, 5) is 25.6. The van der Waals surface area contributed by atoms with Crippen LogP contribution in [0.3, 0.4) is 0 Å². The first-order valence-corrected chi connectivity index (χ1v) is 11.5. The number of allylic oxidation sites excluding steroid dienone is 2. The molecule has 1 saturated carbocycles. The molecule has 0 saturated heterocycles. The van der Waals surface area contributed by atoms with Crippen molar-refractivity contribution in [2.24, 2.45) is 7.05 Å². The lowest BCUT2D eigenvalue weighted by atomic mass is 10.0. The summed E-state index contributed by atoms with van der Waals surface area (Å²) in [6.45, 7) is 0. The minimum absolute atomic E-state index is 0.00330. The largest absolute Gasteiger partial charge is 0.417 e. The van der Waals surface area contributed by atoms with Crippen molar-refractivity contribution in [3.05, 3.63) is 74.9 Å². The Morgan fingerprint density at radius 2 is 1.63 bits per heavy atom. The van der Waals surface area contributed by atoms with Crippen LogP contribution in [0.4, 0.5) is 26.3 Å². The van der Waals surface area contributed by atoms with Gasteiger partial charge in [0.25, 0.3) is 5.91 Å². The van der Waals surface area contributed by atoms with E-state index < -0.39 is 51.8 Å². The molecule has 198 valence electrons. The van der Waals surface area contributed by atoms with Crippen LogP contribution in [-0.4, -0.2) is 28.0 Å². The van der Waals surface area contributed by atoms with E-state index in [-0.39, 0.29) is 39.5 Å². The maximum absolute atomic E-state index is 13.8. The molecule has 0 atom stereocenters. The maximum atomic E-state index is 13.8. The van der Waals surface area contributed by atoms with E-state index >= 15 is 0 Å². The number of carbonyl (C=O) groups excluding carboxylic acids is 2. The number of halogens is 8. The summed E-state index contributed by atoms with van der Waals surface area (Å²) in [6, 6.07) is 7.61. The molecule has 0 aliphatic heterocycles. The minimum Gasteiger partial charge on any atom is -0.341 e. The lowest BCUT2D eigenvalue weighted by molar-refractivity contribution is -0.137. The number of rotatable bonds is 5. The van der Waals surface area contributed by atoms with E-state index in [4.69, 9.17) is 28.5 Å². The molecule has 1 aliphatic carbocycles. The third-order valence-electron chi connectivity index (χ3n) is 6.06. The zero-order valence-corrected chi connectivity index (χ0v) is 20.7. The van der Waals surface area contributed by atoms with E-state index in [1.807, 2.05) is 6.07 Å². The molecule has 1 heterocycles. The number of nitrogens with one attached hydrogen (secondary N) is 1. The van der Waals surface area contributed by atoms with Crippen LogP contribution in [0.5, 0.6) is 0 Å². The predicted octanol–water partition coefficient (Wildman–Crippen LogP) is 7.12. The average Bonchev–Trinajstić information content (AvgIpc) is 3.49. The highest BCUT2D eigenvalue weighted by Gasteiger charge is 2.46. The Labute approximate surface area is 221 Å². The zero-order chi connectivity index (χ0) is 28.2. The summed E-state index contributed by atoms with van der Waals surface area (Å²) in [7, 11) is 1.21. The molecule has 1 amide bonds. The molecule has 38 heavy (non-hydrogen) atoms. The van der Waals surface area contributed by atoms with Gasteiger partial charge in [-0.15, -0.1) is 0 Å². The fraction of sp³-hybridized carbons (Fsp3) is 0.240. The molecule has 1 N–H and O–H groups in total. The Morgan fingerprint density at radius 1 is 1.03 bits per heavy atom. The molecule has 13 heteroatoms. The number of carbonyl (C=O) groups is 2. The topological polar surface area (TPSA) is 74.9 Å². The summed E-state index contributed by atoms with van der Waals surface area (Å²) in [5.41, 5.74) is -5.70. The fourth-order valence-corrected chi connectivity index (χ4v) is 4.49. The van der Waals surface area contributed by atoms with Crippen LogP contribution in [0.2, 0.25) is 10.0 Å². The van der Waals surface area contributed by atoms with Crippen LogP contribution in [0.15, 0.2) is 42.5 Å². The monoisotopic (exact) mass is 573 g/mol. The second-order valence-electron chi connectivity index (χ2n) is 8.77. The van der Waals surface area contributed by atoms with E-state index in [1.165, 1.54) is 13.1 Å². The molecule has 3 aromatic rings. The summed E-state index contributed by atoms with van der Waals surface area (Å²) < 4.78 is 84.1. The third-order valence-corrected chi connectivity index (χ3v) is 6.49. The van der Waals surface area contributed by atoms with Crippen molar-refractivity contribution in [3.63, 3.8) is 0 Å². The highest BCUT2D eigenvalue weighted by atomic mass is 35.5. The van der Waals surface area contributed by atoms with Gasteiger partial charge in [0, 0.05) is 34.1 Å². The van der Waals surface area contributed by atoms with E-state index in [0.29, 0.717) is 12.1 Å². The van der Waals surface area contributed by atoms with Crippen molar-refractivity contribution >= 4 is 51.4 Å². The predicted molar refractivity (Wildman–Crippen MR) is 128 cm³/mol. The number of benzene rings is 2. The van der Waals surface area contributed by atoms with Crippen molar-refractivity contribution < 1.29 is 35.9 Å². The molecule has 0 unspecified atom stereocenters. The molecule has 1 fully saturated rings. The highest BCUT2D eigenvalue weighted by molar-refractivity contribution is 6.35. The first-order valence-electron chi connectivity index (χ1n) is 10.8. The van der Waals surface area contributed by atoms with Crippen LogP contribution < -0.4 is 5.32 Å². The second kappa shape index (κ2) is 9.36. The van der Waals surface area contributed by atoms with Gasteiger partial charge >= 0.3 is 12.4 Å². The Balaban J connectivity index is 1.83. The SMILES string of the molecule is Cn1c(C(=O)/C=C(\c2cc(Cl)cc(Cl)c2)C(F)(F)F)cc2cc(C(=O)NC3(C#N)CC3)c(C(F)(F)F)cc21. The number of ketones is 1. The van der Waals surface area contributed by atoms with E-state index in [0.717, 1.165) is 28.8 Å². The summed E-state index contributed by atoms with van der Waals surface area (Å²) in [5, 5.41) is 11.3. The van der Waals surface area contributed by atoms with Gasteiger partial charge in [0.05, 0.1) is 28.5 Å². The van der Waals surface area contributed by atoms with Crippen molar-refractivity contribution in [3.8, 4) is 6.07 Å². The smallest absolute Gasteiger partial charge is 0.341 e. The minimum atomic E-state index is -5.00. The van der Waals surface area contributed by atoms with Gasteiger partial charge in [-0.1, -0.05) is 23.2 Å². The number of fused-ring (bicyclic) bond motifs is 1. The molecule has 0 spiro atoms. The first-order chi connectivity index (χ1) is 17.5. The van der Waals surface area contributed by atoms with Crippen molar-refractivity contribution in [1.29, 1.82) is 5.26 Å². The molecule has 1 aliphatic rings. The standard InChI is InChI=1S/C25H15Cl2F6N3O2/c1-36-19-9-18(25(31,32)33)16(22(38)35-23(11-34)2-3-23)6-13(19)7-20(36)21(37)10-17(24(28,29)30)12-4-14(26)8-15(27)5-12/h4-10H,2-3H2,1H3,(H,35,38)/b17-10+. The summed E-state index contributed by atoms with van der Waals surface area (Å²) in [6.07, 6.45) is -9.10.